The topological polar surface area (TPSA) is 66.5 Å². The van der Waals surface area contributed by atoms with Crippen LogP contribution in [-0.4, -0.2) is 37.3 Å². The minimum atomic E-state index is -3.57. The summed E-state index contributed by atoms with van der Waals surface area (Å²) >= 11 is 1.27. The number of hydrogen-bond acceptors (Lipinski definition) is 4. The second kappa shape index (κ2) is 7.14. The first-order valence-electron chi connectivity index (χ1n) is 8.76. The van der Waals surface area contributed by atoms with Crippen LogP contribution in [0.25, 0.3) is 0 Å². The summed E-state index contributed by atoms with van der Waals surface area (Å²) in [4.78, 5) is 13.7. The summed E-state index contributed by atoms with van der Waals surface area (Å²) in [6.07, 6.45) is 5.69. The van der Waals surface area contributed by atoms with E-state index in [0.717, 1.165) is 30.6 Å². The third-order valence-electron chi connectivity index (χ3n) is 5.07. The van der Waals surface area contributed by atoms with Crippen LogP contribution in [0.1, 0.15) is 50.3 Å². The van der Waals surface area contributed by atoms with Gasteiger partial charge in [-0.25, -0.2) is 8.42 Å². The number of rotatable bonds is 4. The molecule has 3 rings (SSSR count). The van der Waals surface area contributed by atoms with Gasteiger partial charge in [-0.1, -0.05) is 19.8 Å². The molecule has 0 bridgehead atoms. The molecule has 0 aromatic carbocycles. The van der Waals surface area contributed by atoms with Crippen LogP contribution in [-0.2, 0) is 14.8 Å². The first-order chi connectivity index (χ1) is 11.4. The normalized spacial score (nSPS) is 28.8. The van der Waals surface area contributed by atoms with Crippen LogP contribution >= 0.6 is 11.3 Å². The molecule has 1 aliphatic heterocycles. The van der Waals surface area contributed by atoms with E-state index >= 15 is 0 Å². The zero-order valence-electron chi connectivity index (χ0n) is 14.3. The van der Waals surface area contributed by atoms with E-state index < -0.39 is 16.1 Å². The number of carbonyl (C=O) groups excluding carboxylic acids is 1. The van der Waals surface area contributed by atoms with E-state index in [1.165, 1.54) is 22.1 Å². The first-order valence-corrected chi connectivity index (χ1v) is 11.0. The summed E-state index contributed by atoms with van der Waals surface area (Å²) in [7, 11) is -3.57. The van der Waals surface area contributed by atoms with Crippen LogP contribution in [0, 0.1) is 12.8 Å². The summed E-state index contributed by atoms with van der Waals surface area (Å²) in [5.74, 6) is 0.505. The predicted octanol–water partition coefficient (Wildman–Crippen LogP) is 2.90. The maximum atomic E-state index is 12.9. The van der Waals surface area contributed by atoms with Gasteiger partial charge in [-0.05, 0) is 50.7 Å². The molecule has 1 aromatic heterocycles. The van der Waals surface area contributed by atoms with Crippen LogP contribution < -0.4 is 5.32 Å². The number of hydrogen-bond donors (Lipinski definition) is 1. The highest BCUT2D eigenvalue weighted by atomic mass is 32.2. The van der Waals surface area contributed by atoms with Crippen molar-refractivity contribution in [2.75, 3.05) is 6.54 Å². The van der Waals surface area contributed by atoms with Crippen molar-refractivity contribution in [3.8, 4) is 0 Å². The van der Waals surface area contributed by atoms with Crippen LogP contribution in [0.5, 0.6) is 0 Å². The van der Waals surface area contributed by atoms with Crippen molar-refractivity contribution in [3.05, 3.63) is 17.0 Å². The fourth-order valence-electron chi connectivity index (χ4n) is 3.82. The van der Waals surface area contributed by atoms with E-state index in [9.17, 15) is 13.2 Å². The second-order valence-electron chi connectivity index (χ2n) is 7.12. The van der Waals surface area contributed by atoms with Gasteiger partial charge in [0.15, 0.2) is 0 Å². The molecule has 1 aromatic rings. The Kier molecular flexibility index (Phi) is 5.32. The van der Waals surface area contributed by atoms with Gasteiger partial charge in [-0.15, -0.1) is 11.3 Å². The Balaban J connectivity index is 1.72. The molecule has 134 valence electrons. The van der Waals surface area contributed by atoms with Crippen molar-refractivity contribution in [3.63, 3.8) is 0 Å². The van der Waals surface area contributed by atoms with Gasteiger partial charge in [-0.3, -0.25) is 4.79 Å². The zero-order valence-corrected chi connectivity index (χ0v) is 16.0. The summed E-state index contributed by atoms with van der Waals surface area (Å²) in [5.41, 5.74) is 0. The number of nitrogens with zero attached hydrogens (tertiary/aromatic N) is 1. The Morgan fingerprint density at radius 2 is 2.04 bits per heavy atom. The summed E-state index contributed by atoms with van der Waals surface area (Å²) in [6, 6.07) is 3.09. The molecule has 3 unspecified atom stereocenters. The molecule has 1 saturated carbocycles. The van der Waals surface area contributed by atoms with Crippen molar-refractivity contribution in [2.45, 2.75) is 68.7 Å². The van der Waals surface area contributed by atoms with E-state index in [1.807, 2.05) is 13.0 Å². The lowest BCUT2D eigenvalue weighted by molar-refractivity contribution is -0.125. The number of carbonyl (C=O) groups is 1. The monoisotopic (exact) mass is 370 g/mol. The third-order valence-corrected chi connectivity index (χ3v) is 8.44. The maximum absolute atomic E-state index is 12.9. The third kappa shape index (κ3) is 3.68. The number of sulfonamides is 1. The molecular formula is C17H26N2O3S2. The zero-order chi connectivity index (χ0) is 17.3. The highest BCUT2D eigenvalue weighted by Gasteiger charge is 2.40. The Morgan fingerprint density at radius 3 is 2.71 bits per heavy atom. The molecule has 2 aliphatic rings. The lowest BCUT2D eigenvalue weighted by Crippen LogP contribution is -2.49. The highest BCUT2D eigenvalue weighted by Crippen LogP contribution is 2.31. The van der Waals surface area contributed by atoms with Crippen LogP contribution in [0.4, 0.5) is 0 Å². The summed E-state index contributed by atoms with van der Waals surface area (Å²) in [5, 5.41) is 3.11. The quantitative estimate of drug-likeness (QED) is 0.886. The average Bonchev–Trinajstić information content (AvgIpc) is 3.16. The second-order valence-corrected chi connectivity index (χ2v) is 10.5. The smallest absolute Gasteiger partial charge is 0.253 e. The Bertz CT molecular complexity index is 698. The molecule has 3 atom stereocenters. The van der Waals surface area contributed by atoms with Gasteiger partial charge in [0.2, 0.25) is 5.91 Å². The van der Waals surface area contributed by atoms with Gasteiger partial charge >= 0.3 is 0 Å². The molecule has 0 radical (unpaired) electrons. The van der Waals surface area contributed by atoms with Gasteiger partial charge in [0.25, 0.3) is 10.0 Å². The molecule has 2 fully saturated rings. The molecule has 24 heavy (non-hydrogen) atoms. The summed E-state index contributed by atoms with van der Waals surface area (Å²) in [6.45, 7) is 4.53. The van der Waals surface area contributed by atoms with E-state index in [1.54, 1.807) is 6.07 Å². The van der Waals surface area contributed by atoms with Gasteiger partial charge in [0.05, 0.1) is 0 Å². The SMILES string of the molecule is Cc1ccc(S(=O)(=O)N2CCCC2C(=O)NC2CCCC(C)C2)s1. The Labute approximate surface area is 148 Å². The standard InChI is InChI=1S/C17H26N2O3S2/c1-12-5-3-6-14(11-12)18-17(20)15-7-4-10-19(15)24(21,22)16-9-8-13(2)23-16/h8-9,12,14-15H,3-7,10-11H2,1-2H3,(H,18,20). The Hall–Kier alpha value is -0.920. The van der Waals surface area contributed by atoms with Gasteiger partial charge < -0.3 is 5.32 Å². The van der Waals surface area contributed by atoms with Gasteiger partial charge in [0, 0.05) is 17.5 Å². The largest absolute Gasteiger partial charge is 0.352 e. The minimum Gasteiger partial charge on any atom is -0.352 e. The Morgan fingerprint density at radius 1 is 1.25 bits per heavy atom. The highest BCUT2D eigenvalue weighted by molar-refractivity contribution is 7.91. The van der Waals surface area contributed by atoms with Crippen molar-refractivity contribution in [2.24, 2.45) is 5.92 Å². The molecule has 1 saturated heterocycles. The first kappa shape index (κ1) is 17.9. The number of thiophene rings is 1. The molecule has 1 aliphatic carbocycles. The lowest BCUT2D eigenvalue weighted by atomic mass is 9.87. The number of aryl methyl sites for hydroxylation is 1. The molecule has 1 amide bonds. The molecule has 0 spiro atoms. The van der Waals surface area contributed by atoms with Gasteiger partial charge in [-0.2, -0.15) is 4.31 Å². The van der Waals surface area contributed by atoms with E-state index in [2.05, 4.69) is 12.2 Å². The fraction of sp³-hybridized carbons (Fsp3) is 0.706. The fourth-order valence-corrected chi connectivity index (χ4v) is 6.89. The molecule has 5 nitrogen and oxygen atoms in total. The van der Waals surface area contributed by atoms with Crippen LogP contribution in [0.3, 0.4) is 0 Å². The number of nitrogens with one attached hydrogen (secondary N) is 1. The predicted molar refractivity (Wildman–Crippen MR) is 95.5 cm³/mol. The van der Waals surface area contributed by atoms with E-state index in [4.69, 9.17) is 0 Å². The summed E-state index contributed by atoms with van der Waals surface area (Å²) < 4.78 is 27.5. The van der Waals surface area contributed by atoms with Crippen molar-refractivity contribution < 1.29 is 13.2 Å². The van der Waals surface area contributed by atoms with Crippen molar-refractivity contribution in [1.29, 1.82) is 0 Å². The van der Waals surface area contributed by atoms with E-state index in [0.29, 0.717) is 23.1 Å². The van der Waals surface area contributed by atoms with E-state index in [-0.39, 0.29) is 11.9 Å². The average molecular weight is 371 g/mol. The van der Waals surface area contributed by atoms with Gasteiger partial charge in [0.1, 0.15) is 10.3 Å². The van der Waals surface area contributed by atoms with Crippen molar-refractivity contribution in [1.82, 2.24) is 9.62 Å². The van der Waals surface area contributed by atoms with Crippen LogP contribution in [0.2, 0.25) is 0 Å². The minimum absolute atomic E-state index is 0.122. The number of amides is 1. The molecule has 7 heteroatoms. The maximum Gasteiger partial charge on any atom is 0.253 e. The van der Waals surface area contributed by atoms with Crippen molar-refractivity contribution >= 4 is 27.3 Å². The molecular weight excluding hydrogens is 344 g/mol. The lowest BCUT2D eigenvalue weighted by Gasteiger charge is -2.30. The van der Waals surface area contributed by atoms with Crippen LogP contribution in [0.15, 0.2) is 16.3 Å². The molecule has 1 N–H and O–H groups in total. The molecule has 2 heterocycles.